The highest BCUT2D eigenvalue weighted by atomic mass is 79.9. The molecule has 0 aliphatic rings. The molecule has 0 saturated heterocycles. The van der Waals surface area contributed by atoms with Gasteiger partial charge in [0.15, 0.2) is 0 Å². The number of hydrogen-bond donors (Lipinski definition) is 0. The second kappa shape index (κ2) is 8.88. The molecule has 32 heavy (non-hydrogen) atoms. The summed E-state index contributed by atoms with van der Waals surface area (Å²) in [4.78, 5) is 28.5. The van der Waals surface area contributed by atoms with Gasteiger partial charge in [0.25, 0.3) is 11.2 Å². The van der Waals surface area contributed by atoms with E-state index in [1.54, 1.807) is 24.4 Å². The average Bonchev–Trinajstić information content (AvgIpc) is 3.26. The van der Waals surface area contributed by atoms with Crippen LogP contribution in [0.2, 0.25) is 0 Å². The van der Waals surface area contributed by atoms with Crippen molar-refractivity contribution in [3.63, 3.8) is 0 Å². The van der Waals surface area contributed by atoms with Gasteiger partial charge in [-0.15, -0.1) is 0 Å². The van der Waals surface area contributed by atoms with Crippen LogP contribution in [0.4, 0.5) is 5.69 Å². The van der Waals surface area contributed by atoms with E-state index in [2.05, 4.69) is 21.0 Å². The van der Waals surface area contributed by atoms with E-state index < -0.39 is 4.92 Å². The van der Waals surface area contributed by atoms with E-state index in [-0.39, 0.29) is 17.2 Å². The van der Waals surface area contributed by atoms with Crippen molar-refractivity contribution in [2.75, 3.05) is 0 Å². The summed E-state index contributed by atoms with van der Waals surface area (Å²) in [6.45, 7) is 4.05. The zero-order valence-corrected chi connectivity index (χ0v) is 19.1. The molecule has 0 N–H and O–H groups in total. The van der Waals surface area contributed by atoms with Crippen LogP contribution in [0.25, 0.3) is 16.6 Å². The van der Waals surface area contributed by atoms with Crippen LogP contribution >= 0.6 is 15.9 Å². The summed E-state index contributed by atoms with van der Waals surface area (Å²) in [5, 5.41) is 15.9. The van der Waals surface area contributed by atoms with Crippen molar-refractivity contribution in [1.82, 2.24) is 14.2 Å². The fourth-order valence-electron chi connectivity index (χ4n) is 3.37. The fourth-order valence-corrected chi connectivity index (χ4v) is 3.73. The molecule has 9 heteroatoms. The monoisotopic (exact) mass is 493 g/mol. The molecule has 0 radical (unpaired) electrons. The first-order chi connectivity index (χ1) is 15.4. The van der Waals surface area contributed by atoms with Crippen molar-refractivity contribution in [2.45, 2.75) is 26.2 Å². The van der Waals surface area contributed by atoms with Gasteiger partial charge in [-0.05, 0) is 48.9 Å². The minimum absolute atomic E-state index is 0.0225. The van der Waals surface area contributed by atoms with Gasteiger partial charge >= 0.3 is 0 Å². The van der Waals surface area contributed by atoms with Gasteiger partial charge in [0, 0.05) is 34.4 Å². The summed E-state index contributed by atoms with van der Waals surface area (Å²) in [6, 6.07) is 15.4. The largest absolute Gasteiger partial charge is 0.316 e. The van der Waals surface area contributed by atoms with Gasteiger partial charge in [0.05, 0.1) is 27.7 Å². The van der Waals surface area contributed by atoms with E-state index in [0.717, 1.165) is 22.3 Å². The Kier molecular flexibility index (Phi) is 6.00. The lowest BCUT2D eigenvalue weighted by molar-refractivity contribution is -0.384. The number of hydrogen-bond acceptors (Lipinski definition) is 5. The molecule has 0 aliphatic carbocycles. The number of rotatable bonds is 6. The first kappa shape index (κ1) is 21.6. The second-order valence-corrected chi connectivity index (χ2v) is 8.29. The lowest BCUT2D eigenvalue weighted by Crippen LogP contribution is -2.23. The molecule has 2 aromatic heterocycles. The van der Waals surface area contributed by atoms with Crippen LogP contribution in [0.15, 0.2) is 75.2 Å². The lowest BCUT2D eigenvalue weighted by atomic mass is 10.1. The molecule has 1 atom stereocenters. The Morgan fingerprint density at radius 2 is 1.97 bits per heavy atom. The predicted octanol–water partition coefficient (Wildman–Crippen LogP) is 5.25. The van der Waals surface area contributed by atoms with Crippen molar-refractivity contribution < 1.29 is 4.92 Å². The number of benzene rings is 2. The number of halogens is 1. The molecule has 0 amide bonds. The number of nitro benzene ring substituents is 1. The Morgan fingerprint density at radius 1 is 1.22 bits per heavy atom. The zero-order chi connectivity index (χ0) is 22.8. The Bertz CT molecular complexity index is 1390. The zero-order valence-electron chi connectivity index (χ0n) is 17.5. The smallest absolute Gasteiger partial charge is 0.282 e. The maximum Gasteiger partial charge on any atom is 0.282 e. The molecule has 0 aliphatic heterocycles. The molecular formula is C23H20BrN5O3. The third-order valence-corrected chi connectivity index (χ3v) is 5.80. The quantitative estimate of drug-likeness (QED) is 0.208. The van der Waals surface area contributed by atoms with Gasteiger partial charge in [-0.25, -0.2) is 4.98 Å². The van der Waals surface area contributed by atoms with Crippen molar-refractivity contribution in [3.8, 4) is 5.69 Å². The SMILES string of the molecule is CC[C@@H](C)c1nc2ccc(Br)cc2c(=O)n1N=Cc1cccn1-c1ccc([N+](=O)[O-])cc1. The highest BCUT2D eigenvalue weighted by Gasteiger charge is 2.16. The maximum atomic E-state index is 13.3. The third-order valence-electron chi connectivity index (χ3n) is 5.31. The Morgan fingerprint density at radius 3 is 2.66 bits per heavy atom. The summed E-state index contributed by atoms with van der Waals surface area (Å²) in [7, 11) is 0. The highest BCUT2D eigenvalue weighted by Crippen LogP contribution is 2.21. The molecule has 0 spiro atoms. The van der Waals surface area contributed by atoms with E-state index >= 15 is 0 Å². The van der Waals surface area contributed by atoms with E-state index in [0.29, 0.717) is 16.7 Å². The molecule has 0 bridgehead atoms. The van der Waals surface area contributed by atoms with Crippen molar-refractivity contribution in [3.05, 3.63) is 97.3 Å². The number of aromatic nitrogens is 3. The summed E-state index contributed by atoms with van der Waals surface area (Å²) >= 11 is 3.41. The van der Waals surface area contributed by atoms with Crippen LogP contribution in [0.1, 0.15) is 37.7 Å². The minimum Gasteiger partial charge on any atom is -0.316 e. The molecule has 2 aromatic carbocycles. The summed E-state index contributed by atoms with van der Waals surface area (Å²) in [6.07, 6.45) is 4.24. The predicted molar refractivity (Wildman–Crippen MR) is 128 cm³/mol. The molecule has 4 rings (SSSR count). The molecule has 4 aromatic rings. The van der Waals surface area contributed by atoms with Crippen LogP contribution in [-0.2, 0) is 0 Å². The Hall–Kier alpha value is -3.59. The van der Waals surface area contributed by atoms with Gasteiger partial charge in [0.1, 0.15) is 5.82 Å². The Balaban J connectivity index is 1.80. The normalized spacial score (nSPS) is 12.5. The van der Waals surface area contributed by atoms with E-state index in [4.69, 9.17) is 4.98 Å². The number of non-ortho nitro benzene ring substituents is 1. The Labute approximate surface area is 192 Å². The highest BCUT2D eigenvalue weighted by molar-refractivity contribution is 9.10. The molecule has 0 unspecified atom stereocenters. The maximum absolute atomic E-state index is 13.3. The van der Waals surface area contributed by atoms with Crippen molar-refractivity contribution in [2.24, 2.45) is 5.10 Å². The third kappa shape index (κ3) is 4.11. The van der Waals surface area contributed by atoms with Gasteiger partial charge in [-0.1, -0.05) is 29.8 Å². The van der Waals surface area contributed by atoms with Crippen LogP contribution in [-0.4, -0.2) is 25.4 Å². The van der Waals surface area contributed by atoms with E-state index in [1.165, 1.54) is 16.8 Å². The van der Waals surface area contributed by atoms with Gasteiger partial charge in [0.2, 0.25) is 0 Å². The van der Waals surface area contributed by atoms with Crippen LogP contribution < -0.4 is 5.56 Å². The van der Waals surface area contributed by atoms with E-state index in [9.17, 15) is 14.9 Å². The van der Waals surface area contributed by atoms with Gasteiger partial charge < -0.3 is 4.57 Å². The van der Waals surface area contributed by atoms with Gasteiger partial charge in [-0.2, -0.15) is 9.78 Å². The molecule has 8 nitrogen and oxygen atoms in total. The molecular weight excluding hydrogens is 474 g/mol. The fraction of sp³-hybridized carbons (Fsp3) is 0.174. The number of nitro groups is 1. The topological polar surface area (TPSA) is 95.3 Å². The molecule has 0 saturated carbocycles. The second-order valence-electron chi connectivity index (χ2n) is 7.38. The lowest BCUT2D eigenvalue weighted by Gasteiger charge is -2.14. The van der Waals surface area contributed by atoms with Crippen molar-refractivity contribution >= 4 is 38.7 Å². The molecule has 2 heterocycles. The number of fused-ring (bicyclic) bond motifs is 1. The summed E-state index contributed by atoms with van der Waals surface area (Å²) < 4.78 is 3.99. The van der Waals surface area contributed by atoms with Crippen LogP contribution in [0, 0.1) is 10.1 Å². The number of nitrogens with zero attached hydrogens (tertiary/aromatic N) is 5. The molecule has 162 valence electrons. The first-order valence-electron chi connectivity index (χ1n) is 10.1. The van der Waals surface area contributed by atoms with Crippen molar-refractivity contribution in [1.29, 1.82) is 0 Å². The summed E-state index contributed by atoms with van der Waals surface area (Å²) in [5.74, 6) is 0.631. The summed E-state index contributed by atoms with van der Waals surface area (Å²) in [5.41, 5.74) is 1.88. The standard InChI is InChI=1S/C23H20BrN5O3/c1-3-15(2)22-26-21-11-6-16(24)13-20(21)23(30)28(22)25-14-19-5-4-12-27(19)17-7-9-18(10-8-17)29(31)32/h4-15H,3H2,1-2H3/t15-/m1/s1. The van der Waals surface area contributed by atoms with Crippen LogP contribution in [0.3, 0.4) is 0 Å². The van der Waals surface area contributed by atoms with Gasteiger partial charge in [-0.3, -0.25) is 14.9 Å². The first-order valence-corrected chi connectivity index (χ1v) is 10.9. The molecule has 0 fully saturated rings. The minimum atomic E-state index is -0.435. The average molecular weight is 494 g/mol. The van der Waals surface area contributed by atoms with Crippen LogP contribution in [0.5, 0.6) is 0 Å². The van der Waals surface area contributed by atoms with E-state index in [1.807, 2.05) is 48.9 Å².